The van der Waals surface area contributed by atoms with Crippen LogP contribution in [-0.2, 0) is 61.2 Å². The second-order valence-electron chi connectivity index (χ2n) is 28.5. The van der Waals surface area contributed by atoms with E-state index in [2.05, 4.69) is 171 Å². The van der Waals surface area contributed by atoms with Crippen LogP contribution in [0.1, 0.15) is 101 Å². The number of nitrogens with zero attached hydrogens (tertiary/aromatic N) is 4. The van der Waals surface area contributed by atoms with Gasteiger partial charge in [-0.3, -0.25) is 19.4 Å². The monoisotopic (exact) mass is 1440 g/mol. The Balaban J connectivity index is 1.11. The number of nitrogens with one attached hydrogen (secondary N) is 1. The highest BCUT2D eigenvalue weighted by Crippen LogP contribution is 2.45. The molecule has 0 spiro atoms. The smallest absolute Gasteiger partial charge is 0.423 e. The Morgan fingerprint density at radius 2 is 1.11 bits per heavy atom. The lowest BCUT2D eigenvalue weighted by Gasteiger charge is -2.38. The number of allylic oxidation sites excluding steroid dienone is 6. The van der Waals surface area contributed by atoms with Gasteiger partial charge in [-0.1, -0.05) is 166 Å². The molecule has 540 valence electrons. The zero-order valence-corrected chi connectivity index (χ0v) is 61.4. The van der Waals surface area contributed by atoms with E-state index in [4.69, 9.17) is 0 Å². The molecule has 1 heterocycles. The van der Waals surface area contributed by atoms with E-state index < -0.39 is 45.8 Å². The molecule has 11 nitrogen and oxygen atoms in total. The molecule has 5 N–H and O–H groups in total. The van der Waals surface area contributed by atoms with Crippen LogP contribution >= 0.6 is 0 Å². The first-order chi connectivity index (χ1) is 49.9. The lowest BCUT2D eigenvalue weighted by Crippen LogP contribution is -2.49. The zero-order chi connectivity index (χ0) is 75.2. The second kappa shape index (κ2) is 32.5. The molecule has 0 unspecified atom stereocenters. The van der Waals surface area contributed by atoms with Crippen molar-refractivity contribution in [3.8, 4) is 11.1 Å². The molecule has 0 saturated heterocycles. The third-order valence-corrected chi connectivity index (χ3v) is 23.9. The van der Waals surface area contributed by atoms with Crippen LogP contribution in [0.25, 0.3) is 38.2 Å². The summed E-state index contributed by atoms with van der Waals surface area (Å²) in [6, 6.07) is 53.7. The molecular weight excluding hydrogens is 1350 g/mol. The molecule has 1 aliphatic carbocycles. The number of rotatable bonds is 28. The molecule has 105 heavy (non-hydrogen) atoms. The van der Waals surface area contributed by atoms with Gasteiger partial charge in [0.1, 0.15) is 15.1 Å². The van der Waals surface area contributed by atoms with Crippen LogP contribution < -0.4 is 26.3 Å². The van der Waals surface area contributed by atoms with Crippen molar-refractivity contribution in [2.75, 3.05) is 38.6 Å². The van der Waals surface area contributed by atoms with Crippen molar-refractivity contribution in [2.24, 2.45) is 0 Å². The lowest BCUT2D eigenvalue weighted by molar-refractivity contribution is -0.512. The number of Topliss-reactive ketones (excluding diaryl/α,β-unsaturated/α-hetero) is 1. The summed E-state index contributed by atoms with van der Waals surface area (Å²) in [6.07, 6.45) is -1.30. The van der Waals surface area contributed by atoms with Gasteiger partial charge in [0.25, 0.3) is 0 Å². The summed E-state index contributed by atoms with van der Waals surface area (Å²) < 4.78 is 90.1. The fourth-order valence-corrected chi connectivity index (χ4v) is 17.7. The van der Waals surface area contributed by atoms with Crippen LogP contribution in [0.3, 0.4) is 0 Å². The first-order valence-electron chi connectivity index (χ1n) is 35.4. The van der Waals surface area contributed by atoms with Gasteiger partial charge in [0.05, 0.1) is 11.1 Å². The highest BCUT2D eigenvalue weighted by atomic mass is 28.3. The van der Waals surface area contributed by atoms with Crippen LogP contribution in [0.15, 0.2) is 229 Å². The summed E-state index contributed by atoms with van der Waals surface area (Å²) in [6.45, 7) is 19.7. The molecule has 1 aliphatic heterocycles. The predicted molar refractivity (Wildman–Crippen MR) is 415 cm³/mol. The number of anilines is 1. The van der Waals surface area contributed by atoms with Gasteiger partial charge < -0.3 is 30.3 Å². The van der Waals surface area contributed by atoms with E-state index in [1.807, 2.05) is 58.3 Å². The molecule has 0 fully saturated rings. The third kappa shape index (κ3) is 17.7. The lowest BCUT2D eigenvalue weighted by atomic mass is 9.76. The number of unbranched alkanes of at least 4 members (excludes halogenated alkanes) is 1. The van der Waals surface area contributed by atoms with Crippen molar-refractivity contribution in [1.29, 1.82) is 0 Å². The van der Waals surface area contributed by atoms with Gasteiger partial charge in [-0.05, 0) is 204 Å². The Morgan fingerprint density at radius 1 is 0.571 bits per heavy atom. The van der Waals surface area contributed by atoms with Crippen LogP contribution in [0.5, 0.6) is 0 Å². The van der Waals surface area contributed by atoms with Crippen LogP contribution in [0, 0.1) is 6.92 Å². The maximum Gasteiger partial charge on any atom is 0.488 e. The Hall–Kier alpha value is -9.50. The summed E-state index contributed by atoms with van der Waals surface area (Å²) in [7, 11) is -2.50. The van der Waals surface area contributed by atoms with Crippen LogP contribution in [0.2, 0.25) is 13.1 Å². The van der Waals surface area contributed by atoms with Crippen LogP contribution in [-0.4, -0.2) is 108 Å². The Morgan fingerprint density at radius 3 is 1.69 bits per heavy atom. The normalized spacial score (nSPS) is 14.0. The minimum atomic E-state index is -4.77. The molecule has 0 radical (unpaired) electrons. The van der Waals surface area contributed by atoms with Gasteiger partial charge in [-0.15, -0.1) is 0 Å². The van der Waals surface area contributed by atoms with Crippen molar-refractivity contribution < 1.29 is 60.6 Å². The van der Waals surface area contributed by atoms with Gasteiger partial charge in [0, 0.05) is 88.3 Å². The number of benzene rings is 9. The molecular formula is C85H88B2F6N5O6Si+. The summed E-state index contributed by atoms with van der Waals surface area (Å²) >= 11 is 0. The largest absolute Gasteiger partial charge is 0.488 e. The zero-order valence-electron chi connectivity index (χ0n) is 60.4. The second-order valence-corrected chi connectivity index (χ2v) is 32.8. The average Bonchev–Trinajstić information content (AvgIpc) is 0.717. The predicted octanol–water partition coefficient (Wildman–Crippen LogP) is 14.5. The summed E-state index contributed by atoms with van der Waals surface area (Å²) in [4.78, 5) is 31.9. The third-order valence-electron chi connectivity index (χ3n) is 20.4. The molecule has 9 aromatic carbocycles. The SMILES string of the molecule is C=C(C)C(=O)CCCCN(Cc1cc(C(F)(F)F)ccc1B(O)O)Cc1c2ccccc2c(CN(CCCNC(=O)C(=C)C)Cc2cc(C(F)(F)F)ccc2B(O)O)c2ccc(-c3ccc(C)c(C4=C5C=CC(=[N+](C)Cc6ccccc6)C=C5[Si](C)(C)c5cc(N(C)Cc6ccccc6)ccc54)c3)cc12. The number of hydrogen-bond acceptors (Lipinski definition) is 9. The molecule has 0 bridgehead atoms. The number of fused-ring (bicyclic) bond motifs is 4. The molecule has 2 aliphatic rings. The van der Waals surface area contributed by atoms with Crippen molar-refractivity contribution in [3.05, 3.63) is 290 Å². The fraction of sp³-hybridized carbons (Fsp3) is 0.259. The molecule has 20 heteroatoms. The Kier molecular flexibility index (Phi) is 23.7. The van der Waals surface area contributed by atoms with Crippen LogP contribution in [0.4, 0.5) is 32.0 Å². The van der Waals surface area contributed by atoms with Gasteiger partial charge in [-0.2, -0.15) is 26.3 Å². The minimum absolute atomic E-state index is 0.0229. The van der Waals surface area contributed by atoms with E-state index >= 15 is 0 Å². The number of aryl methyl sites for hydroxylation is 1. The first-order valence-corrected chi connectivity index (χ1v) is 38.4. The first kappa shape index (κ1) is 76.6. The highest BCUT2D eigenvalue weighted by Gasteiger charge is 2.42. The van der Waals surface area contributed by atoms with Gasteiger partial charge in [-0.25, -0.2) is 4.58 Å². The summed E-state index contributed by atoms with van der Waals surface area (Å²) in [5.41, 5.74) is 11.8. The van der Waals surface area contributed by atoms with E-state index in [9.17, 15) is 56.0 Å². The number of halogens is 6. The molecule has 0 aromatic heterocycles. The number of hydrogen-bond donors (Lipinski definition) is 5. The maximum absolute atomic E-state index is 14.7. The Labute approximate surface area is 612 Å². The molecule has 11 rings (SSSR count). The van der Waals surface area contributed by atoms with Crippen molar-refractivity contribution in [3.63, 3.8) is 0 Å². The van der Waals surface area contributed by atoms with E-state index in [-0.39, 0.29) is 91.6 Å². The molecule has 0 saturated carbocycles. The van der Waals surface area contributed by atoms with E-state index in [1.54, 1.807) is 13.8 Å². The minimum Gasteiger partial charge on any atom is -0.423 e. The molecule has 1 amide bonds. The van der Waals surface area contributed by atoms with E-state index in [0.29, 0.717) is 37.9 Å². The fourth-order valence-electron chi connectivity index (χ4n) is 14.6. The van der Waals surface area contributed by atoms with Crippen molar-refractivity contribution in [1.82, 2.24) is 15.1 Å². The maximum atomic E-state index is 14.7. The number of alkyl halides is 6. The molecule has 0 atom stereocenters. The highest BCUT2D eigenvalue weighted by molar-refractivity contribution is 6.98. The number of carbonyl (C=O) groups excluding carboxylic acids is 2. The topological polar surface area (TPSA) is 140 Å². The average molecular weight is 1440 g/mol. The van der Waals surface area contributed by atoms with Crippen molar-refractivity contribution >= 4 is 88.6 Å². The summed E-state index contributed by atoms with van der Waals surface area (Å²) in [5, 5.41) is 51.3. The number of ketones is 1. The standard InChI is InChI=1S/C85H87B2F6N5O6Si/c1-55(2)79(99)27-18-19-41-97(51-62-43-64(84(88,89)90)31-38-77(62)86(101)102)54-76-69-26-17-16-25-68(69)75(53-98(42-20-40-94-83(100)56(3)4)52-63-44-65(85(91,92)93)32-39-78(63)87(103)104)70-35-30-61(46-74(70)76)60-29-28-57(5)73(45-60)82-71-36-33-66(95(6)49-58-21-12-10-13-22-58)47-80(71)105(8,9)81-48-67(34-37-72(81)82)96(7)50-59-23-14-11-15-24-59/h10-17,21-26,28-39,43-48,101-104H,1,3,18-20,27,40-42,49-54H2,2,4-9H3/p+1. The number of amides is 1. The van der Waals surface area contributed by atoms with E-state index in [0.717, 1.165) is 119 Å². The number of carbonyl (C=O) groups is 2. The molecule has 9 aromatic rings. The summed E-state index contributed by atoms with van der Waals surface area (Å²) in [5.74, 6) is -0.493. The van der Waals surface area contributed by atoms with Gasteiger partial charge >= 0.3 is 26.6 Å². The quantitative estimate of drug-likeness (QED) is 0.00810. The Bertz CT molecular complexity index is 4940. The van der Waals surface area contributed by atoms with Crippen molar-refractivity contribution in [2.45, 2.75) is 111 Å². The van der Waals surface area contributed by atoms with Gasteiger partial charge in [0.15, 0.2) is 18.0 Å². The van der Waals surface area contributed by atoms with E-state index in [1.165, 1.54) is 21.5 Å². The van der Waals surface area contributed by atoms with Gasteiger partial charge in [0.2, 0.25) is 5.91 Å².